The fraction of sp³-hybridized carbons (Fsp3) is 0.500. The van der Waals surface area contributed by atoms with E-state index in [2.05, 4.69) is 15.3 Å². The highest BCUT2D eigenvalue weighted by Crippen LogP contribution is 2.04. The summed E-state index contributed by atoms with van der Waals surface area (Å²) in [7, 11) is 0. The third-order valence-corrected chi connectivity index (χ3v) is 2.48. The van der Waals surface area contributed by atoms with Crippen LogP contribution in [0.2, 0.25) is 0 Å². The number of carboxylic acids is 1. The average molecular weight is 251 g/mol. The predicted octanol–water partition coefficient (Wildman–Crippen LogP) is 1.02. The molecule has 0 saturated heterocycles. The fourth-order valence-electron chi connectivity index (χ4n) is 1.34. The monoisotopic (exact) mass is 251 g/mol. The molecule has 18 heavy (non-hydrogen) atoms. The molecule has 0 aliphatic rings. The molecule has 1 unspecified atom stereocenters. The lowest BCUT2D eigenvalue weighted by Gasteiger charge is -2.10. The normalized spacial score (nSPS) is 11.9. The Labute approximate surface area is 105 Å². The standard InChI is InChI=1S/C12H17N3O3/c1-8(3-4-11(16)17)5-15-12(18)10-7-13-9(2)6-14-10/h6-8H,3-5H2,1-2H3,(H,15,18)(H,16,17). The molecule has 0 radical (unpaired) electrons. The van der Waals surface area contributed by atoms with Crippen molar-refractivity contribution in [3.8, 4) is 0 Å². The lowest BCUT2D eigenvalue weighted by molar-refractivity contribution is -0.137. The van der Waals surface area contributed by atoms with Crippen molar-refractivity contribution in [1.29, 1.82) is 0 Å². The van der Waals surface area contributed by atoms with Crippen molar-refractivity contribution < 1.29 is 14.7 Å². The number of aromatic nitrogens is 2. The lowest BCUT2D eigenvalue weighted by Crippen LogP contribution is -2.29. The van der Waals surface area contributed by atoms with Crippen LogP contribution in [0, 0.1) is 12.8 Å². The van der Waals surface area contributed by atoms with E-state index in [0.29, 0.717) is 13.0 Å². The first kappa shape index (κ1) is 14.1. The minimum absolute atomic E-state index is 0.112. The van der Waals surface area contributed by atoms with E-state index >= 15 is 0 Å². The zero-order valence-electron chi connectivity index (χ0n) is 10.5. The van der Waals surface area contributed by atoms with Crippen LogP contribution in [0.3, 0.4) is 0 Å². The summed E-state index contributed by atoms with van der Waals surface area (Å²) in [5, 5.41) is 11.2. The number of aliphatic carboxylic acids is 1. The molecule has 0 bridgehead atoms. The van der Waals surface area contributed by atoms with E-state index in [1.54, 1.807) is 6.92 Å². The molecule has 98 valence electrons. The van der Waals surface area contributed by atoms with Crippen LogP contribution in [0.15, 0.2) is 12.4 Å². The van der Waals surface area contributed by atoms with Crippen molar-refractivity contribution >= 4 is 11.9 Å². The van der Waals surface area contributed by atoms with E-state index in [0.717, 1.165) is 5.69 Å². The summed E-state index contributed by atoms with van der Waals surface area (Å²) in [6, 6.07) is 0. The summed E-state index contributed by atoms with van der Waals surface area (Å²) in [6.45, 7) is 4.12. The van der Waals surface area contributed by atoms with E-state index in [4.69, 9.17) is 5.11 Å². The largest absolute Gasteiger partial charge is 0.481 e. The van der Waals surface area contributed by atoms with Crippen molar-refractivity contribution in [2.45, 2.75) is 26.7 Å². The molecule has 1 aromatic rings. The Morgan fingerprint density at radius 2 is 2.11 bits per heavy atom. The van der Waals surface area contributed by atoms with Gasteiger partial charge in [-0.2, -0.15) is 0 Å². The van der Waals surface area contributed by atoms with Gasteiger partial charge in [0, 0.05) is 19.2 Å². The first-order valence-electron chi connectivity index (χ1n) is 5.77. The maximum Gasteiger partial charge on any atom is 0.303 e. The highest BCUT2D eigenvalue weighted by atomic mass is 16.4. The second kappa shape index (κ2) is 6.68. The molecular weight excluding hydrogens is 234 g/mol. The number of carbonyl (C=O) groups is 2. The number of hydrogen-bond donors (Lipinski definition) is 2. The third kappa shape index (κ3) is 4.90. The molecule has 1 atom stereocenters. The molecule has 1 rings (SSSR count). The minimum Gasteiger partial charge on any atom is -0.481 e. The van der Waals surface area contributed by atoms with E-state index in [-0.39, 0.29) is 23.9 Å². The topological polar surface area (TPSA) is 92.2 Å². The van der Waals surface area contributed by atoms with Gasteiger partial charge in [-0.3, -0.25) is 14.6 Å². The summed E-state index contributed by atoms with van der Waals surface area (Å²) in [5.74, 6) is -0.995. The number of rotatable bonds is 6. The summed E-state index contributed by atoms with van der Waals surface area (Å²) >= 11 is 0. The second-order valence-corrected chi connectivity index (χ2v) is 4.29. The molecule has 0 saturated carbocycles. The van der Waals surface area contributed by atoms with Gasteiger partial charge in [0.1, 0.15) is 5.69 Å². The molecule has 1 heterocycles. The molecule has 0 aliphatic carbocycles. The van der Waals surface area contributed by atoms with Crippen LogP contribution in [-0.4, -0.2) is 33.5 Å². The van der Waals surface area contributed by atoms with Gasteiger partial charge in [0.15, 0.2) is 0 Å². The van der Waals surface area contributed by atoms with E-state index in [9.17, 15) is 9.59 Å². The molecular formula is C12H17N3O3. The second-order valence-electron chi connectivity index (χ2n) is 4.29. The zero-order valence-corrected chi connectivity index (χ0v) is 10.5. The molecule has 2 N–H and O–H groups in total. The fourth-order valence-corrected chi connectivity index (χ4v) is 1.34. The molecule has 1 aromatic heterocycles. The Morgan fingerprint density at radius 3 is 2.67 bits per heavy atom. The summed E-state index contributed by atoms with van der Waals surface area (Å²) < 4.78 is 0. The van der Waals surface area contributed by atoms with Gasteiger partial charge in [0.05, 0.1) is 11.9 Å². The first-order valence-corrected chi connectivity index (χ1v) is 5.77. The van der Waals surface area contributed by atoms with E-state index < -0.39 is 5.97 Å². The maximum absolute atomic E-state index is 11.7. The van der Waals surface area contributed by atoms with Crippen molar-refractivity contribution in [2.75, 3.05) is 6.54 Å². The van der Waals surface area contributed by atoms with E-state index in [1.165, 1.54) is 12.4 Å². The zero-order chi connectivity index (χ0) is 13.5. The van der Waals surface area contributed by atoms with Crippen LogP contribution in [0.4, 0.5) is 0 Å². The van der Waals surface area contributed by atoms with Crippen LogP contribution < -0.4 is 5.32 Å². The van der Waals surface area contributed by atoms with Crippen LogP contribution in [0.25, 0.3) is 0 Å². The predicted molar refractivity (Wildman–Crippen MR) is 65.1 cm³/mol. The molecule has 6 nitrogen and oxygen atoms in total. The number of amides is 1. The van der Waals surface area contributed by atoms with Crippen LogP contribution >= 0.6 is 0 Å². The number of nitrogens with zero attached hydrogens (tertiary/aromatic N) is 2. The number of carboxylic acid groups (broad SMARTS) is 1. The molecule has 0 spiro atoms. The first-order chi connectivity index (χ1) is 8.49. The smallest absolute Gasteiger partial charge is 0.303 e. The Morgan fingerprint density at radius 1 is 1.39 bits per heavy atom. The van der Waals surface area contributed by atoms with Gasteiger partial charge < -0.3 is 10.4 Å². The summed E-state index contributed by atoms with van der Waals surface area (Å²) in [4.78, 5) is 30.0. The number of hydrogen-bond acceptors (Lipinski definition) is 4. The van der Waals surface area contributed by atoms with Crippen molar-refractivity contribution in [2.24, 2.45) is 5.92 Å². The quantitative estimate of drug-likeness (QED) is 0.787. The molecule has 0 aliphatic heterocycles. The van der Waals surface area contributed by atoms with Crippen molar-refractivity contribution in [3.63, 3.8) is 0 Å². The summed E-state index contributed by atoms with van der Waals surface area (Å²) in [5.41, 5.74) is 1.02. The number of aryl methyl sites for hydroxylation is 1. The highest BCUT2D eigenvalue weighted by Gasteiger charge is 2.10. The van der Waals surface area contributed by atoms with Gasteiger partial charge in [-0.1, -0.05) is 6.92 Å². The SMILES string of the molecule is Cc1cnc(C(=O)NCC(C)CCC(=O)O)cn1. The average Bonchev–Trinajstić information content (AvgIpc) is 2.34. The van der Waals surface area contributed by atoms with Gasteiger partial charge in [-0.15, -0.1) is 0 Å². The Hall–Kier alpha value is -1.98. The van der Waals surface area contributed by atoms with Crippen LogP contribution in [-0.2, 0) is 4.79 Å². The van der Waals surface area contributed by atoms with Gasteiger partial charge in [0.25, 0.3) is 5.91 Å². The minimum atomic E-state index is -0.822. The number of nitrogens with one attached hydrogen (secondary N) is 1. The highest BCUT2D eigenvalue weighted by molar-refractivity contribution is 5.91. The summed E-state index contributed by atoms with van der Waals surface area (Å²) in [6.07, 6.45) is 3.60. The van der Waals surface area contributed by atoms with Gasteiger partial charge in [-0.25, -0.2) is 4.98 Å². The lowest BCUT2D eigenvalue weighted by atomic mass is 10.1. The van der Waals surface area contributed by atoms with Crippen molar-refractivity contribution in [1.82, 2.24) is 15.3 Å². The van der Waals surface area contributed by atoms with Gasteiger partial charge in [0.2, 0.25) is 0 Å². The van der Waals surface area contributed by atoms with E-state index in [1.807, 2.05) is 6.92 Å². The Bertz CT molecular complexity index is 417. The molecule has 6 heteroatoms. The van der Waals surface area contributed by atoms with Crippen molar-refractivity contribution in [3.05, 3.63) is 23.8 Å². The van der Waals surface area contributed by atoms with Gasteiger partial charge in [-0.05, 0) is 19.3 Å². The molecule has 0 aromatic carbocycles. The molecule has 1 amide bonds. The maximum atomic E-state index is 11.7. The van der Waals surface area contributed by atoms with Crippen LogP contribution in [0.5, 0.6) is 0 Å². The number of carbonyl (C=O) groups excluding carboxylic acids is 1. The Kier molecular flexibility index (Phi) is 5.23. The van der Waals surface area contributed by atoms with Crippen LogP contribution in [0.1, 0.15) is 35.9 Å². The van der Waals surface area contributed by atoms with Gasteiger partial charge >= 0.3 is 5.97 Å². The molecule has 0 fully saturated rings. The Balaban J connectivity index is 2.36. The third-order valence-electron chi connectivity index (χ3n) is 2.48.